The smallest absolute Gasteiger partial charge is 0.358 e. The number of carbonyl (C=O) groups is 2. The van der Waals surface area contributed by atoms with Gasteiger partial charge in [0.25, 0.3) is 0 Å². The molecule has 0 radical (unpaired) electrons. The van der Waals surface area contributed by atoms with Gasteiger partial charge in [-0.3, -0.25) is 0 Å². The molecule has 1 aliphatic carbocycles. The van der Waals surface area contributed by atoms with Gasteiger partial charge in [-0.15, -0.1) is 5.10 Å². The van der Waals surface area contributed by atoms with Crippen molar-refractivity contribution in [2.45, 2.75) is 32.7 Å². The zero-order valence-corrected chi connectivity index (χ0v) is 12.2. The van der Waals surface area contributed by atoms with Crippen LogP contribution in [-0.2, 0) is 6.54 Å². The molecule has 8 nitrogen and oxygen atoms in total. The SMILES string of the molecule is CCCN(CC1CC1)C(=O)NCCn1cc(C(=O)O)nn1. The van der Waals surface area contributed by atoms with Crippen LogP contribution in [0.2, 0.25) is 0 Å². The molecule has 2 N–H and O–H groups in total. The molecule has 1 saturated carbocycles. The molecule has 1 aromatic rings. The minimum Gasteiger partial charge on any atom is -0.476 e. The third kappa shape index (κ3) is 4.73. The first-order valence-corrected chi connectivity index (χ1v) is 7.26. The van der Waals surface area contributed by atoms with Crippen LogP contribution in [0.1, 0.15) is 36.7 Å². The lowest BCUT2D eigenvalue weighted by molar-refractivity contribution is 0.0690. The number of urea groups is 1. The van der Waals surface area contributed by atoms with E-state index >= 15 is 0 Å². The maximum absolute atomic E-state index is 12.1. The highest BCUT2D eigenvalue weighted by molar-refractivity contribution is 5.84. The summed E-state index contributed by atoms with van der Waals surface area (Å²) < 4.78 is 1.41. The van der Waals surface area contributed by atoms with E-state index < -0.39 is 5.97 Å². The number of hydrogen-bond acceptors (Lipinski definition) is 4. The van der Waals surface area contributed by atoms with Crippen LogP contribution >= 0.6 is 0 Å². The first-order valence-electron chi connectivity index (χ1n) is 7.26. The maximum Gasteiger partial charge on any atom is 0.358 e. The number of carbonyl (C=O) groups excluding carboxylic acids is 1. The Morgan fingerprint density at radius 2 is 2.29 bits per heavy atom. The lowest BCUT2D eigenvalue weighted by Crippen LogP contribution is -2.42. The number of amides is 2. The van der Waals surface area contributed by atoms with Crippen molar-refractivity contribution in [2.24, 2.45) is 5.92 Å². The van der Waals surface area contributed by atoms with E-state index in [0.29, 0.717) is 19.0 Å². The zero-order chi connectivity index (χ0) is 15.2. The molecule has 2 rings (SSSR count). The van der Waals surface area contributed by atoms with E-state index in [2.05, 4.69) is 22.6 Å². The van der Waals surface area contributed by atoms with Crippen molar-refractivity contribution in [2.75, 3.05) is 19.6 Å². The molecule has 1 aliphatic rings. The van der Waals surface area contributed by atoms with E-state index in [4.69, 9.17) is 5.11 Å². The number of carboxylic acids is 1. The Labute approximate surface area is 123 Å². The Morgan fingerprint density at radius 1 is 1.52 bits per heavy atom. The molecule has 2 amide bonds. The molecule has 116 valence electrons. The number of carboxylic acid groups (broad SMARTS) is 1. The van der Waals surface area contributed by atoms with E-state index in [0.717, 1.165) is 19.5 Å². The topological polar surface area (TPSA) is 100 Å². The number of rotatable bonds is 8. The normalized spacial score (nSPS) is 14.0. The summed E-state index contributed by atoms with van der Waals surface area (Å²) in [7, 11) is 0. The average Bonchev–Trinajstić information content (AvgIpc) is 3.13. The van der Waals surface area contributed by atoms with Gasteiger partial charge in [0.05, 0.1) is 12.7 Å². The maximum atomic E-state index is 12.1. The second-order valence-electron chi connectivity index (χ2n) is 5.29. The highest BCUT2D eigenvalue weighted by Crippen LogP contribution is 2.29. The number of hydrogen-bond donors (Lipinski definition) is 2. The van der Waals surface area contributed by atoms with Crippen LogP contribution in [0.4, 0.5) is 4.79 Å². The molecule has 1 heterocycles. The second kappa shape index (κ2) is 7.05. The molecule has 0 aromatic carbocycles. The Bertz CT molecular complexity index is 498. The van der Waals surface area contributed by atoms with Crippen molar-refractivity contribution < 1.29 is 14.7 Å². The average molecular weight is 295 g/mol. The van der Waals surface area contributed by atoms with E-state index in [-0.39, 0.29) is 11.7 Å². The van der Waals surface area contributed by atoms with Crippen molar-refractivity contribution in [1.29, 1.82) is 0 Å². The van der Waals surface area contributed by atoms with Gasteiger partial charge >= 0.3 is 12.0 Å². The van der Waals surface area contributed by atoms with E-state index in [1.165, 1.54) is 23.7 Å². The third-order valence-electron chi connectivity index (χ3n) is 3.33. The summed E-state index contributed by atoms with van der Waals surface area (Å²) in [4.78, 5) is 24.6. The predicted octanol–water partition coefficient (Wildman–Crippen LogP) is 0.808. The van der Waals surface area contributed by atoms with Gasteiger partial charge in [0, 0.05) is 19.6 Å². The van der Waals surface area contributed by atoms with Crippen molar-refractivity contribution in [3.63, 3.8) is 0 Å². The first-order chi connectivity index (χ1) is 10.1. The van der Waals surface area contributed by atoms with Crippen LogP contribution < -0.4 is 5.32 Å². The van der Waals surface area contributed by atoms with Crippen LogP contribution in [-0.4, -0.2) is 56.6 Å². The van der Waals surface area contributed by atoms with E-state index in [9.17, 15) is 9.59 Å². The molecule has 0 spiro atoms. The highest BCUT2D eigenvalue weighted by Gasteiger charge is 2.26. The van der Waals surface area contributed by atoms with Gasteiger partial charge in [0.15, 0.2) is 5.69 Å². The van der Waals surface area contributed by atoms with Gasteiger partial charge in [-0.25, -0.2) is 14.3 Å². The molecule has 0 atom stereocenters. The molecule has 1 aromatic heterocycles. The fraction of sp³-hybridized carbons (Fsp3) is 0.692. The number of aromatic nitrogens is 3. The van der Waals surface area contributed by atoms with E-state index in [1.807, 2.05) is 4.90 Å². The Morgan fingerprint density at radius 3 is 2.86 bits per heavy atom. The molecule has 0 saturated heterocycles. The molecular formula is C13H21N5O3. The van der Waals surface area contributed by atoms with Crippen LogP contribution in [0, 0.1) is 5.92 Å². The molecule has 1 fully saturated rings. The molecule has 0 bridgehead atoms. The van der Waals surface area contributed by atoms with Crippen LogP contribution in [0.25, 0.3) is 0 Å². The molecule has 8 heteroatoms. The fourth-order valence-electron chi connectivity index (χ4n) is 2.05. The third-order valence-corrected chi connectivity index (χ3v) is 3.33. The van der Waals surface area contributed by atoms with Gasteiger partial charge < -0.3 is 15.3 Å². The fourth-order valence-corrected chi connectivity index (χ4v) is 2.05. The van der Waals surface area contributed by atoms with E-state index in [1.54, 1.807) is 0 Å². The largest absolute Gasteiger partial charge is 0.476 e. The molecule has 21 heavy (non-hydrogen) atoms. The van der Waals surface area contributed by atoms with Gasteiger partial charge in [0.2, 0.25) is 0 Å². The summed E-state index contributed by atoms with van der Waals surface area (Å²) in [5, 5.41) is 18.8. The standard InChI is InChI=1S/C13H21N5O3/c1-2-6-17(8-10-3-4-10)13(21)14-5-7-18-9-11(12(19)20)15-16-18/h9-10H,2-8H2,1H3,(H,14,21)(H,19,20). The van der Waals surface area contributed by atoms with Gasteiger partial charge in [0.1, 0.15) is 0 Å². The Hall–Kier alpha value is -2.12. The van der Waals surface area contributed by atoms with Crippen molar-refractivity contribution >= 4 is 12.0 Å². The molecule has 0 aliphatic heterocycles. The van der Waals surface area contributed by atoms with Crippen molar-refractivity contribution in [3.05, 3.63) is 11.9 Å². The van der Waals surface area contributed by atoms with Crippen LogP contribution in [0.3, 0.4) is 0 Å². The molecular weight excluding hydrogens is 274 g/mol. The summed E-state index contributed by atoms with van der Waals surface area (Å²) in [5.74, 6) is -0.445. The number of nitrogens with zero attached hydrogens (tertiary/aromatic N) is 4. The Balaban J connectivity index is 1.74. The summed E-state index contributed by atoms with van der Waals surface area (Å²) in [5.41, 5.74) is -0.0948. The second-order valence-corrected chi connectivity index (χ2v) is 5.29. The number of nitrogens with one attached hydrogen (secondary N) is 1. The first kappa shape index (κ1) is 15.3. The summed E-state index contributed by atoms with van der Waals surface area (Å²) in [6.45, 7) is 4.43. The van der Waals surface area contributed by atoms with Crippen LogP contribution in [0.15, 0.2) is 6.20 Å². The summed E-state index contributed by atoms with van der Waals surface area (Å²) in [6, 6.07) is -0.0673. The summed E-state index contributed by atoms with van der Waals surface area (Å²) >= 11 is 0. The highest BCUT2D eigenvalue weighted by atomic mass is 16.4. The van der Waals surface area contributed by atoms with Gasteiger partial charge in [-0.2, -0.15) is 0 Å². The van der Waals surface area contributed by atoms with Gasteiger partial charge in [-0.1, -0.05) is 12.1 Å². The minimum atomic E-state index is -1.11. The lowest BCUT2D eigenvalue weighted by atomic mass is 10.3. The van der Waals surface area contributed by atoms with Crippen molar-refractivity contribution in [3.8, 4) is 0 Å². The zero-order valence-electron chi connectivity index (χ0n) is 12.2. The quantitative estimate of drug-likeness (QED) is 0.739. The lowest BCUT2D eigenvalue weighted by Gasteiger charge is -2.22. The molecule has 0 unspecified atom stereocenters. The number of aromatic carboxylic acids is 1. The monoisotopic (exact) mass is 295 g/mol. The van der Waals surface area contributed by atoms with Crippen molar-refractivity contribution in [1.82, 2.24) is 25.2 Å². The predicted molar refractivity (Wildman–Crippen MR) is 75.0 cm³/mol. The Kier molecular flexibility index (Phi) is 5.13. The van der Waals surface area contributed by atoms with Gasteiger partial charge in [-0.05, 0) is 25.2 Å². The minimum absolute atomic E-state index is 0.0673. The summed E-state index contributed by atoms with van der Waals surface area (Å²) in [6.07, 6.45) is 4.71. The van der Waals surface area contributed by atoms with Crippen LogP contribution in [0.5, 0.6) is 0 Å².